The lowest BCUT2D eigenvalue weighted by molar-refractivity contribution is -0.384. The van der Waals surface area contributed by atoms with Crippen LogP contribution in [0.3, 0.4) is 0 Å². The minimum atomic E-state index is -0.521. The molecule has 1 unspecified atom stereocenters. The Morgan fingerprint density at radius 1 is 1.43 bits per heavy atom. The summed E-state index contributed by atoms with van der Waals surface area (Å²) < 4.78 is 0. The fraction of sp³-hybridized carbons (Fsp3) is 0.500. The van der Waals surface area contributed by atoms with Gasteiger partial charge in [-0.2, -0.15) is 0 Å². The summed E-state index contributed by atoms with van der Waals surface area (Å²) in [5.74, 6) is -0.134. The number of amides is 1. The summed E-state index contributed by atoms with van der Waals surface area (Å²) in [6.45, 7) is 0.941. The molecule has 2 N–H and O–H groups in total. The Bertz CT molecular complexity index is 528. The molecule has 21 heavy (non-hydrogen) atoms. The van der Waals surface area contributed by atoms with Gasteiger partial charge in [0.25, 0.3) is 5.69 Å². The monoisotopic (exact) mass is 311 g/mol. The Morgan fingerprint density at radius 3 is 2.95 bits per heavy atom. The van der Waals surface area contributed by atoms with Crippen LogP contribution in [0, 0.1) is 10.1 Å². The van der Waals surface area contributed by atoms with E-state index in [0.29, 0.717) is 12.1 Å². The quantitative estimate of drug-likeness (QED) is 0.661. The highest BCUT2D eigenvalue weighted by Crippen LogP contribution is 2.26. The Kier molecular flexibility index (Phi) is 5.52. The third kappa shape index (κ3) is 4.68. The first kappa shape index (κ1) is 15.7. The predicted molar refractivity (Wildman–Crippen MR) is 81.6 cm³/mol. The van der Waals surface area contributed by atoms with Gasteiger partial charge in [-0.3, -0.25) is 14.9 Å². The van der Waals surface area contributed by atoms with E-state index in [1.54, 1.807) is 0 Å². The van der Waals surface area contributed by atoms with Crippen LogP contribution in [0.5, 0.6) is 0 Å². The van der Waals surface area contributed by atoms with Gasteiger partial charge in [0, 0.05) is 24.6 Å². The number of hydrogen-bond donors (Lipinski definition) is 2. The first-order chi connectivity index (χ1) is 10.1. The van der Waals surface area contributed by atoms with Gasteiger partial charge in [0.05, 0.1) is 15.6 Å². The van der Waals surface area contributed by atoms with Crippen LogP contribution in [-0.2, 0) is 4.79 Å². The molecule has 114 valence electrons. The van der Waals surface area contributed by atoms with Crippen LogP contribution in [0.25, 0.3) is 0 Å². The van der Waals surface area contributed by atoms with Crippen molar-refractivity contribution in [3.63, 3.8) is 0 Å². The second-order valence-electron chi connectivity index (χ2n) is 5.17. The van der Waals surface area contributed by atoms with E-state index in [1.165, 1.54) is 24.6 Å². The number of carbonyl (C=O) groups excluding carboxylic acids is 1. The van der Waals surface area contributed by atoms with Crippen molar-refractivity contribution in [2.45, 2.75) is 38.1 Å². The number of rotatable bonds is 4. The summed E-state index contributed by atoms with van der Waals surface area (Å²) >= 11 is 5.95. The molecular formula is C14H18ClN3O3. The molecule has 1 saturated heterocycles. The van der Waals surface area contributed by atoms with Gasteiger partial charge in [0.15, 0.2) is 0 Å². The Hall–Kier alpha value is -1.66. The zero-order valence-corrected chi connectivity index (χ0v) is 12.4. The molecular weight excluding hydrogens is 294 g/mol. The molecule has 1 atom stereocenters. The number of carbonyl (C=O) groups is 1. The molecule has 1 aromatic carbocycles. The second-order valence-corrected chi connectivity index (χ2v) is 5.58. The van der Waals surface area contributed by atoms with Crippen molar-refractivity contribution in [1.82, 2.24) is 5.32 Å². The fourth-order valence-electron chi connectivity index (χ4n) is 2.42. The van der Waals surface area contributed by atoms with Crippen LogP contribution in [-0.4, -0.2) is 23.4 Å². The molecule has 1 aliphatic rings. The molecule has 2 rings (SSSR count). The molecule has 0 saturated carbocycles. The molecule has 1 fully saturated rings. The summed E-state index contributed by atoms with van der Waals surface area (Å²) in [6, 6.07) is 4.20. The lowest BCUT2D eigenvalue weighted by Crippen LogP contribution is -2.32. The van der Waals surface area contributed by atoms with Crippen LogP contribution in [0.2, 0.25) is 5.02 Å². The van der Waals surface area contributed by atoms with Crippen molar-refractivity contribution in [3.05, 3.63) is 33.3 Å². The second kappa shape index (κ2) is 7.38. The van der Waals surface area contributed by atoms with Crippen molar-refractivity contribution < 1.29 is 9.72 Å². The van der Waals surface area contributed by atoms with E-state index in [9.17, 15) is 14.9 Å². The maximum Gasteiger partial charge on any atom is 0.271 e. The summed E-state index contributed by atoms with van der Waals surface area (Å²) in [7, 11) is 0. The first-order valence-electron chi connectivity index (χ1n) is 7.03. The summed E-state index contributed by atoms with van der Waals surface area (Å²) in [4.78, 5) is 22.1. The third-order valence-corrected chi connectivity index (χ3v) is 3.84. The number of benzene rings is 1. The zero-order chi connectivity index (χ0) is 15.2. The average Bonchev–Trinajstić information content (AvgIpc) is 2.69. The molecule has 0 radical (unpaired) electrons. The van der Waals surface area contributed by atoms with Gasteiger partial charge >= 0.3 is 0 Å². The van der Waals surface area contributed by atoms with Gasteiger partial charge in [0.2, 0.25) is 5.91 Å². The van der Waals surface area contributed by atoms with Crippen molar-refractivity contribution in [2.24, 2.45) is 0 Å². The highest BCUT2D eigenvalue weighted by molar-refractivity contribution is 6.33. The molecule has 1 aromatic rings. The van der Waals surface area contributed by atoms with Gasteiger partial charge in [-0.25, -0.2) is 0 Å². The Balaban J connectivity index is 1.94. The van der Waals surface area contributed by atoms with Gasteiger partial charge in [-0.05, 0) is 25.5 Å². The fourth-order valence-corrected chi connectivity index (χ4v) is 2.64. The molecule has 0 spiro atoms. The van der Waals surface area contributed by atoms with Crippen LogP contribution < -0.4 is 10.6 Å². The maximum absolute atomic E-state index is 12.0. The number of anilines is 1. The highest BCUT2D eigenvalue weighted by Gasteiger charge is 2.17. The largest absolute Gasteiger partial charge is 0.325 e. The molecule has 1 aliphatic heterocycles. The molecule has 1 amide bonds. The normalized spacial score (nSPS) is 18.8. The van der Waals surface area contributed by atoms with E-state index >= 15 is 0 Å². The standard InChI is InChI=1S/C14H18ClN3O3/c15-12-9-11(18(20)21)5-6-13(12)17-14(19)8-10-4-2-1-3-7-16-10/h5-6,9-10,16H,1-4,7-8H2,(H,17,19). The molecule has 0 aliphatic carbocycles. The van der Waals surface area contributed by atoms with E-state index in [1.807, 2.05) is 0 Å². The van der Waals surface area contributed by atoms with E-state index in [2.05, 4.69) is 10.6 Å². The van der Waals surface area contributed by atoms with Crippen molar-refractivity contribution in [2.75, 3.05) is 11.9 Å². The number of halogens is 1. The topological polar surface area (TPSA) is 84.3 Å². The molecule has 7 heteroatoms. The van der Waals surface area contributed by atoms with Crippen molar-refractivity contribution in [1.29, 1.82) is 0 Å². The van der Waals surface area contributed by atoms with Gasteiger partial charge in [-0.15, -0.1) is 0 Å². The molecule has 0 bridgehead atoms. The van der Waals surface area contributed by atoms with E-state index in [-0.39, 0.29) is 22.7 Å². The highest BCUT2D eigenvalue weighted by atomic mass is 35.5. The number of nitro groups is 1. The van der Waals surface area contributed by atoms with Crippen LogP contribution in [0.1, 0.15) is 32.1 Å². The van der Waals surface area contributed by atoms with E-state index in [0.717, 1.165) is 25.8 Å². The van der Waals surface area contributed by atoms with E-state index in [4.69, 9.17) is 11.6 Å². The van der Waals surface area contributed by atoms with Crippen molar-refractivity contribution >= 4 is 28.9 Å². The van der Waals surface area contributed by atoms with Crippen LogP contribution in [0.4, 0.5) is 11.4 Å². The third-order valence-electron chi connectivity index (χ3n) is 3.53. The number of nitro benzene ring substituents is 1. The smallest absolute Gasteiger partial charge is 0.271 e. The van der Waals surface area contributed by atoms with Gasteiger partial charge < -0.3 is 10.6 Å². The number of non-ortho nitro benzene ring substituents is 1. The Morgan fingerprint density at radius 2 is 2.24 bits per heavy atom. The zero-order valence-electron chi connectivity index (χ0n) is 11.6. The lowest BCUT2D eigenvalue weighted by Gasteiger charge is -2.15. The number of hydrogen-bond acceptors (Lipinski definition) is 4. The summed E-state index contributed by atoms with van der Waals surface area (Å²) in [5.41, 5.74) is 0.310. The first-order valence-corrected chi connectivity index (χ1v) is 7.41. The molecule has 0 aromatic heterocycles. The molecule has 1 heterocycles. The lowest BCUT2D eigenvalue weighted by atomic mass is 10.1. The van der Waals surface area contributed by atoms with Gasteiger partial charge in [0.1, 0.15) is 0 Å². The minimum absolute atomic E-state index is 0.0940. The van der Waals surface area contributed by atoms with Gasteiger partial charge in [-0.1, -0.05) is 24.4 Å². The molecule has 6 nitrogen and oxygen atoms in total. The maximum atomic E-state index is 12.0. The number of nitrogens with one attached hydrogen (secondary N) is 2. The van der Waals surface area contributed by atoms with Crippen LogP contribution >= 0.6 is 11.6 Å². The predicted octanol–water partition coefficient (Wildman–Crippen LogP) is 3.11. The Labute approximate surface area is 128 Å². The number of nitrogens with zero attached hydrogens (tertiary/aromatic N) is 1. The summed E-state index contributed by atoms with van der Waals surface area (Å²) in [6.07, 6.45) is 4.84. The minimum Gasteiger partial charge on any atom is -0.325 e. The SMILES string of the molecule is O=C(CC1CCCCCN1)Nc1ccc([N+](=O)[O-])cc1Cl. The van der Waals surface area contributed by atoms with Crippen molar-refractivity contribution in [3.8, 4) is 0 Å². The van der Waals surface area contributed by atoms with E-state index < -0.39 is 4.92 Å². The average molecular weight is 312 g/mol. The van der Waals surface area contributed by atoms with Crippen LogP contribution in [0.15, 0.2) is 18.2 Å². The summed E-state index contributed by atoms with van der Waals surface area (Å²) in [5, 5.41) is 16.9.